The number of esters is 2. The van der Waals surface area contributed by atoms with Crippen molar-refractivity contribution in [2.45, 2.75) is 55.0 Å². The minimum Gasteiger partial charge on any atom is -0.469 e. The zero-order valence-corrected chi connectivity index (χ0v) is 18.3. The summed E-state index contributed by atoms with van der Waals surface area (Å²) < 4.78 is 9.21. The van der Waals surface area contributed by atoms with Crippen LogP contribution >= 0.6 is 11.8 Å². The zero-order valence-electron chi connectivity index (χ0n) is 17.5. The Morgan fingerprint density at radius 3 is 2.43 bits per heavy atom. The molecule has 1 heterocycles. The molecule has 1 aromatic rings. The van der Waals surface area contributed by atoms with E-state index in [1.165, 1.54) is 14.2 Å². The van der Waals surface area contributed by atoms with Gasteiger partial charge in [-0.15, -0.1) is 11.8 Å². The summed E-state index contributed by atoms with van der Waals surface area (Å²) in [6, 6.07) is 7.02. The molecule has 2 N–H and O–H groups in total. The van der Waals surface area contributed by atoms with Gasteiger partial charge in [-0.3, -0.25) is 14.4 Å². The Bertz CT molecular complexity index is 782. The second kappa shape index (κ2) is 11.0. The first-order chi connectivity index (χ1) is 14.3. The number of benzene rings is 1. The summed E-state index contributed by atoms with van der Waals surface area (Å²) in [5.74, 6) is -1.77. The Kier molecular flexibility index (Phi) is 8.71. The highest BCUT2D eigenvalue weighted by Gasteiger charge is 2.38. The Morgan fingerprint density at radius 1 is 1.20 bits per heavy atom. The lowest BCUT2D eigenvalue weighted by atomic mass is 9.85. The highest BCUT2D eigenvalue weighted by atomic mass is 32.2. The van der Waals surface area contributed by atoms with E-state index in [4.69, 9.17) is 0 Å². The van der Waals surface area contributed by atoms with Gasteiger partial charge in [0.25, 0.3) is 0 Å². The monoisotopic (exact) mass is 436 g/mol. The lowest BCUT2D eigenvalue weighted by Gasteiger charge is -2.29. The van der Waals surface area contributed by atoms with Gasteiger partial charge in [-0.25, -0.2) is 4.79 Å². The molecule has 2 amide bonds. The number of carbonyl (C=O) groups is 4. The smallest absolute Gasteiger partial charge is 0.328 e. The Labute approximate surface area is 180 Å². The van der Waals surface area contributed by atoms with E-state index in [2.05, 4.69) is 20.1 Å². The molecule has 0 bridgehead atoms. The van der Waals surface area contributed by atoms with Crippen LogP contribution in [-0.2, 0) is 35.1 Å². The fourth-order valence-corrected chi connectivity index (χ4v) is 3.93. The third-order valence-electron chi connectivity index (χ3n) is 5.19. The van der Waals surface area contributed by atoms with E-state index in [0.29, 0.717) is 25.7 Å². The molecular weight excluding hydrogens is 408 g/mol. The van der Waals surface area contributed by atoms with Crippen LogP contribution in [0.4, 0.5) is 0 Å². The second-order valence-corrected chi connectivity index (χ2v) is 8.16. The van der Waals surface area contributed by atoms with Crippen LogP contribution in [0.2, 0.25) is 0 Å². The first-order valence-corrected chi connectivity index (χ1v) is 10.9. The average molecular weight is 437 g/mol. The number of carbonyl (C=O) groups excluding carboxylic acids is 4. The molecule has 9 heteroatoms. The van der Waals surface area contributed by atoms with Crippen molar-refractivity contribution in [3.8, 4) is 0 Å². The highest BCUT2D eigenvalue weighted by Crippen LogP contribution is 2.30. The summed E-state index contributed by atoms with van der Waals surface area (Å²) in [6.07, 6.45) is 3.87. The quantitative estimate of drug-likeness (QED) is 0.423. The van der Waals surface area contributed by atoms with Gasteiger partial charge >= 0.3 is 11.9 Å². The van der Waals surface area contributed by atoms with Crippen LogP contribution < -0.4 is 10.6 Å². The molecule has 30 heavy (non-hydrogen) atoms. The maximum atomic E-state index is 12.5. The van der Waals surface area contributed by atoms with Gasteiger partial charge in [0.15, 0.2) is 0 Å². The van der Waals surface area contributed by atoms with Crippen LogP contribution in [0.1, 0.15) is 37.7 Å². The van der Waals surface area contributed by atoms with Crippen LogP contribution in [0, 0.1) is 0 Å². The minimum atomic E-state index is -1.11. The molecule has 0 aliphatic carbocycles. The predicted molar refractivity (Wildman–Crippen MR) is 112 cm³/mol. The highest BCUT2D eigenvalue weighted by molar-refractivity contribution is 7.98. The van der Waals surface area contributed by atoms with Gasteiger partial charge in [-0.1, -0.05) is 12.1 Å². The zero-order chi connectivity index (χ0) is 22.1. The molecule has 164 valence electrons. The lowest BCUT2D eigenvalue weighted by molar-refractivity contribution is -0.150. The van der Waals surface area contributed by atoms with Gasteiger partial charge in [0.2, 0.25) is 11.8 Å². The normalized spacial score (nSPS) is 19.0. The van der Waals surface area contributed by atoms with Gasteiger partial charge in [0.1, 0.15) is 6.04 Å². The Morgan fingerprint density at radius 2 is 1.90 bits per heavy atom. The van der Waals surface area contributed by atoms with Crippen LogP contribution in [0.3, 0.4) is 0 Å². The molecule has 1 saturated heterocycles. The molecule has 2 rings (SSSR count). The first kappa shape index (κ1) is 23.7. The van der Waals surface area contributed by atoms with Crippen LogP contribution in [0.5, 0.6) is 0 Å². The number of hydrogen-bond acceptors (Lipinski definition) is 7. The van der Waals surface area contributed by atoms with E-state index in [-0.39, 0.29) is 18.7 Å². The molecule has 1 aliphatic heterocycles. The summed E-state index contributed by atoms with van der Waals surface area (Å²) in [7, 11) is 2.39. The number of ether oxygens (including phenoxy) is 2. The largest absolute Gasteiger partial charge is 0.469 e. The summed E-state index contributed by atoms with van der Waals surface area (Å²) in [5.41, 5.74) is 0.562. The molecule has 0 radical (unpaired) electrons. The van der Waals surface area contributed by atoms with Gasteiger partial charge in [0.05, 0.1) is 20.6 Å². The Balaban J connectivity index is 2.02. The van der Waals surface area contributed by atoms with Crippen molar-refractivity contribution in [1.29, 1.82) is 0 Å². The number of hydrogen-bond donors (Lipinski definition) is 2. The molecule has 1 aliphatic rings. The number of methoxy groups -OCH3 is 2. The molecule has 2 atom stereocenters. The fourth-order valence-electron chi connectivity index (χ4n) is 3.52. The van der Waals surface area contributed by atoms with Crippen LogP contribution in [0.15, 0.2) is 29.2 Å². The van der Waals surface area contributed by atoms with E-state index in [1.807, 2.05) is 30.5 Å². The summed E-state index contributed by atoms with van der Waals surface area (Å²) in [5, 5.41) is 5.57. The topological polar surface area (TPSA) is 111 Å². The van der Waals surface area contributed by atoms with E-state index < -0.39 is 29.4 Å². The molecule has 0 unspecified atom stereocenters. The van der Waals surface area contributed by atoms with E-state index in [9.17, 15) is 19.2 Å². The maximum Gasteiger partial charge on any atom is 0.328 e. The molecule has 0 spiro atoms. The van der Waals surface area contributed by atoms with Gasteiger partial charge in [0, 0.05) is 23.3 Å². The first-order valence-electron chi connectivity index (χ1n) is 9.69. The SMILES string of the molecule is COC(=O)C[C@@H](NC(=O)CC[C@]1(Cc2ccc(SC)cc2)CCC(=O)N1)C(=O)OC. The standard InChI is InChI=1S/C21H28N2O6S/c1-28-19(26)12-16(20(27)29-2)22-17(24)8-10-21(11-9-18(25)23-21)13-14-4-6-15(30-3)7-5-14/h4-7,16H,8-13H2,1-3H3,(H,22,24)(H,23,25)/t16-,21-/m1/s1. The fraction of sp³-hybridized carbons (Fsp3) is 0.524. The number of nitrogens with one attached hydrogen (secondary N) is 2. The van der Waals surface area contributed by atoms with E-state index >= 15 is 0 Å². The van der Waals surface area contributed by atoms with Gasteiger partial charge in [-0.05, 0) is 43.2 Å². The number of rotatable bonds is 10. The van der Waals surface area contributed by atoms with Gasteiger partial charge < -0.3 is 20.1 Å². The van der Waals surface area contributed by atoms with Gasteiger partial charge in [-0.2, -0.15) is 0 Å². The molecule has 8 nitrogen and oxygen atoms in total. The number of amides is 2. The van der Waals surface area contributed by atoms with Crippen LogP contribution in [0.25, 0.3) is 0 Å². The molecule has 1 aromatic carbocycles. The molecular formula is C21H28N2O6S. The van der Waals surface area contributed by atoms with Crippen molar-refractivity contribution >= 4 is 35.5 Å². The molecule has 0 aromatic heterocycles. The summed E-state index contributed by atoms with van der Waals surface area (Å²) in [6.45, 7) is 0. The molecule has 0 saturated carbocycles. The van der Waals surface area contributed by atoms with Crippen molar-refractivity contribution in [3.63, 3.8) is 0 Å². The van der Waals surface area contributed by atoms with E-state index in [0.717, 1.165) is 10.5 Å². The van der Waals surface area contributed by atoms with Crippen molar-refractivity contribution in [2.75, 3.05) is 20.5 Å². The van der Waals surface area contributed by atoms with Crippen molar-refractivity contribution in [3.05, 3.63) is 29.8 Å². The lowest BCUT2D eigenvalue weighted by Crippen LogP contribution is -2.46. The molecule has 1 fully saturated rings. The summed E-state index contributed by atoms with van der Waals surface area (Å²) >= 11 is 1.66. The predicted octanol–water partition coefficient (Wildman–Crippen LogP) is 1.60. The second-order valence-electron chi connectivity index (χ2n) is 7.28. The van der Waals surface area contributed by atoms with Crippen molar-refractivity contribution < 1.29 is 28.7 Å². The minimum absolute atomic E-state index is 0.0331. The Hall–Kier alpha value is -2.55. The van der Waals surface area contributed by atoms with Crippen LogP contribution in [-0.4, -0.2) is 55.8 Å². The summed E-state index contributed by atoms with van der Waals surface area (Å²) in [4.78, 5) is 48.9. The number of thioether (sulfide) groups is 1. The van der Waals surface area contributed by atoms with E-state index in [1.54, 1.807) is 11.8 Å². The maximum absolute atomic E-state index is 12.5. The van der Waals surface area contributed by atoms with Crippen molar-refractivity contribution in [1.82, 2.24) is 10.6 Å². The third-order valence-corrected chi connectivity index (χ3v) is 5.93. The third kappa shape index (κ3) is 6.76. The average Bonchev–Trinajstić information content (AvgIpc) is 3.12. The van der Waals surface area contributed by atoms with Crippen molar-refractivity contribution in [2.24, 2.45) is 0 Å².